The average Bonchev–Trinajstić information content (AvgIpc) is 3.24. The predicted molar refractivity (Wildman–Crippen MR) is 138 cm³/mol. The first kappa shape index (κ1) is 24.5. The Hall–Kier alpha value is -2.13. The predicted octanol–water partition coefficient (Wildman–Crippen LogP) is 4.47. The maximum absolute atomic E-state index is 12.0. The fourth-order valence-electron chi connectivity index (χ4n) is 3.31. The number of aromatic nitrogens is 1. The van der Waals surface area contributed by atoms with Gasteiger partial charge in [0.15, 0.2) is 0 Å². The number of methoxy groups -OCH3 is 1. The highest BCUT2D eigenvalue weighted by molar-refractivity contribution is 8.76. The van der Waals surface area contributed by atoms with Gasteiger partial charge in [-0.3, -0.25) is 9.80 Å². The molecule has 1 heterocycles. The number of anilines is 1. The first-order valence-corrected chi connectivity index (χ1v) is 13.2. The van der Waals surface area contributed by atoms with Crippen molar-refractivity contribution < 1.29 is 9.53 Å². The quantitative estimate of drug-likeness (QED) is 0.165. The van der Waals surface area contributed by atoms with E-state index in [1.807, 2.05) is 58.0 Å². The van der Waals surface area contributed by atoms with E-state index in [0.717, 1.165) is 47.7 Å². The van der Waals surface area contributed by atoms with Crippen molar-refractivity contribution in [2.75, 3.05) is 50.3 Å². The molecule has 172 valence electrons. The number of benzene rings is 2. The zero-order chi connectivity index (χ0) is 22.8. The minimum Gasteiger partial charge on any atom is -0.468 e. The maximum atomic E-state index is 12.0. The van der Waals surface area contributed by atoms with E-state index in [1.54, 1.807) is 0 Å². The molecule has 0 bridgehead atoms. The minimum atomic E-state index is -0.260. The summed E-state index contributed by atoms with van der Waals surface area (Å²) in [6.45, 7) is 4.99. The molecule has 0 fully saturated rings. The summed E-state index contributed by atoms with van der Waals surface area (Å²) in [6.07, 6.45) is 1.95. The van der Waals surface area contributed by atoms with Gasteiger partial charge in [-0.05, 0) is 18.6 Å². The molecule has 3 aromatic rings. The lowest BCUT2D eigenvalue weighted by Crippen LogP contribution is -2.44. The summed E-state index contributed by atoms with van der Waals surface area (Å²) < 4.78 is 4.93. The number of nitrogens with zero attached hydrogens (tertiary/aromatic N) is 2. The summed E-state index contributed by atoms with van der Waals surface area (Å²) in [5.74, 6) is 1.75. The molecule has 2 N–H and O–H groups in total. The van der Waals surface area contributed by atoms with Crippen LogP contribution in [0.3, 0.4) is 0 Å². The second kappa shape index (κ2) is 12.8. The van der Waals surface area contributed by atoms with Crippen LogP contribution in [0.25, 0.3) is 10.9 Å². The number of ether oxygens (including phenoxy) is 1. The SMILES string of the molecule is COC(=O)CN(c1c[nH]c2ccccc12)N(C)CCSSCCNCc1ccc(C)cc1. The highest BCUT2D eigenvalue weighted by atomic mass is 33.1. The monoisotopic (exact) mass is 472 g/mol. The summed E-state index contributed by atoms with van der Waals surface area (Å²) in [5.41, 5.74) is 4.64. The number of hydrazine groups is 1. The van der Waals surface area contributed by atoms with Crippen molar-refractivity contribution in [1.82, 2.24) is 15.3 Å². The molecule has 0 aliphatic carbocycles. The van der Waals surface area contributed by atoms with Crippen LogP contribution < -0.4 is 10.3 Å². The normalized spacial score (nSPS) is 11.2. The van der Waals surface area contributed by atoms with Crippen LogP contribution in [-0.4, -0.2) is 61.3 Å². The number of H-pyrrole nitrogens is 1. The number of carbonyl (C=O) groups is 1. The van der Waals surface area contributed by atoms with Gasteiger partial charge in [0.25, 0.3) is 0 Å². The molecule has 0 unspecified atom stereocenters. The lowest BCUT2D eigenvalue weighted by Gasteiger charge is -2.32. The molecule has 0 aliphatic rings. The molecule has 3 rings (SSSR count). The second-order valence-corrected chi connectivity index (χ2v) is 10.2. The number of esters is 1. The van der Waals surface area contributed by atoms with E-state index >= 15 is 0 Å². The molecule has 2 aromatic carbocycles. The van der Waals surface area contributed by atoms with Gasteiger partial charge in [-0.25, -0.2) is 5.01 Å². The third-order valence-electron chi connectivity index (χ3n) is 5.16. The summed E-state index contributed by atoms with van der Waals surface area (Å²) in [4.78, 5) is 15.3. The highest BCUT2D eigenvalue weighted by Gasteiger charge is 2.19. The average molecular weight is 473 g/mol. The topological polar surface area (TPSA) is 60.6 Å². The number of fused-ring (bicyclic) bond motifs is 1. The Morgan fingerprint density at radius 1 is 1.09 bits per heavy atom. The van der Waals surface area contributed by atoms with E-state index in [9.17, 15) is 4.79 Å². The van der Waals surface area contributed by atoms with E-state index in [-0.39, 0.29) is 12.5 Å². The minimum absolute atomic E-state index is 0.176. The summed E-state index contributed by atoms with van der Waals surface area (Å²) in [6, 6.07) is 16.8. The zero-order valence-corrected chi connectivity index (χ0v) is 20.6. The van der Waals surface area contributed by atoms with Gasteiger partial charge in [0.1, 0.15) is 6.54 Å². The summed E-state index contributed by atoms with van der Waals surface area (Å²) in [5, 5.41) is 8.66. The molecule has 0 aliphatic heterocycles. The van der Waals surface area contributed by atoms with Gasteiger partial charge < -0.3 is 15.0 Å². The van der Waals surface area contributed by atoms with Gasteiger partial charge >= 0.3 is 5.97 Å². The van der Waals surface area contributed by atoms with Crippen molar-refractivity contribution in [3.05, 3.63) is 65.9 Å². The molecule has 0 amide bonds. The van der Waals surface area contributed by atoms with Gasteiger partial charge in [-0.2, -0.15) is 0 Å². The molecule has 0 saturated heterocycles. The fraction of sp³-hybridized carbons (Fsp3) is 0.375. The van der Waals surface area contributed by atoms with E-state index < -0.39 is 0 Å². The molecule has 0 saturated carbocycles. The number of aromatic amines is 1. The van der Waals surface area contributed by atoms with Gasteiger partial charge in [-0.1, -0.05) is 69.6 Å². The number of para-hydroxylation sites is 1. The van der Waals surface area contributed by atoms with E-state index in [0.29, 0.717) is 0 Å². The molecule has 0 spiro atoms. The Morgan fingerprint density at radius 3 is 2.62 bits per heavy atom. The largest absolute Gasteiger partial charge is 0.468 e. The van der Waals surface area contributed by atoms with Crippen molar-refractivity contribution in [1.29, 1.82) is 0 Å². The first-order valence-electron chi connectivity index (χ1n) is 10.7. The third kappa shape index (κ3) is 7.20. The Morgan fingerprint density at radius 2 is 1.84 bits per heavy atom. The maximum Gasteiger partial charge on any atom is 0.326 e. The smallest absolute Gasteiger partial charge is 0.326 e. The second-order valence-electron chi connectivity index (χ2n) is 7.54. The Balaban J connectivity index is 1.41. The van der Waals surface area contributed by atoms with Gasteiger partial charge in [0.2, 0.25) is 0 Å². The standard InChI is InChI=1S/C24H32N4O2S2/c1-19-8-10-20(11-9-19)16-25-12-14-31-32-15-13-27(2)28(18-24(29)30-3)23-17-26-22-7-5-4-6-21(22)23/h4-11,17,25-26H,12-16,18H2,1-3H3. The molecule has 0 radical (unpaired) electrons. The van der Waals surface area contributed by atoms with Crippen molar-refractivity contribution in [3.8, 4) is 0 Å². The Labute approximate surface area is 198 Å². The summed E-state index contributed by atoms with van der Waals surface area (Å²) in [7, 11) is 7.17. The number of hydrogen-bond donors (Lipinski definition) is 2. The molecule has 0 atom stereocenters. The van der Waals surface area contributed by atoms with E-state index in [2.05, 4.69) is 52.6 Å². The molecular weight excluding hydrogens is 440 g/mol. The molecule has 32 heavy (non-hydrogen) atoms. The molecule has 1 aromatic heterocycles. The number of rotatable bonds is 13. The number of aryl methyl sites for hydroxylation is 1. The van der Waals surface area contributed by atoms with Gasteiger partial charge in [-0.15, -0.1) is 0 Å². The van der Waals surface area contributed by atoms with Crippen LogP contribution in [0.1, 0.15) is 11.1 Å². The van der Waals surface area contributed by atoms with Gasteiger partial charge in [0.05, 0.1) is 12.8 Å². The first-order chi connectivity index (χ1) is 15.6. The van der Waals surface area contributed by atoms with Crippen molar-refractivity contribution >= 4 is 44.1 Å². The van der Waals surface area contributed by atoms with E-state index in [1.165, 1.54) is 18.2 Å². The third-order valence-corrected chi connectivity index (χ3v) is 7.54. The zero-order valence-electron chi connectivity index (χ0n) is 19.0. The van der Waals surface area contributed by atoms with Crippen LogP contribution in [0, 0.1) is 6.92 Å². The lowest BCUT2D eigenvalue weighted by atomic mass is 10.1. The molecular formula is C24H32N4O2S2. The number of carbonyl (C=O) groups excluding carboxylic acids is 1. The number of nitrogens with one attached hydrogen (secondary N) is 2. The Bertz CT molecular complexity index is 978. The Kier molecular flexibility index (Phi) is 9.80. The lowest BCUT2D eigenvalue weighted by molar-refractivity contribution is -0.139. The van der Waals surface area contributed by atoms with Crippen LogP contribution in [0.5, 0.6) is 0 Å². The molecule has 8 heteroatoms. The number of hydrogen-bond acceptors (Lipinski definition) is 7. The van der Waals surface area contributed by atoms with Crippen molar-refractivity contribution in [2.45, 2.75) is 13.5 Å². The summed E-state index contributed by atoms with van der Waals surface area (Å²) >= 11 is 0. The fourth-order valence-corrected chi connectivity index (χ4v) is 5.29. The van der Waals surface area contributed by atoms with Crippen LogP contribution in [0.15, 0.2) is 54.7 Å². The van der Waals surface area contributed by atoms with Crippen LogP contribution >= 0.6 is 21.6 Å². The van der Waals surface area contributed by atoms with Crippen molar-refractivity contribution in [2.24, 2.45) is 0 Å². The molecule has 6 nitrogen and oxygen atoms in total. The van der Waals surface area contributed by atoms with Crippen LogP contribution in [0.4, 0.5) is 5.69 Å². The van der Waals surface area contributed by atoms with Crippen molar-refractivity contribution in [3.63, 3.8) is 0 Å². The highest BCUT2D eigenvalue weighted by Crippen LogP contribution is 2.28. The van der Waals surface area contributed by atoms with Crippen LogP contribution in [0.2, 0.25) is 0 Å². The van der Waals surface area contributed by atoms with Gasteiger partial charge in [0, 0.05) is 55.3 Å². The van der Waals surface area contributed by atoms with E-state index in [4.69, 9.17) is 4.74 Å². The van der Waals surface area contributed by atoms with Crippen LogP contribution in [-0.2, 0) is 16.1 Å².